The van der Waals surface area contributed by atoms with Crippen LogP contribution in [0.2, 0.25) is 0 Å². The standard InChI is InChI=1S/C17H15N3O3/c1-20-15(19-14-8-3-2-7-13(14)17(20)22)10-23-12-6-4-5-11(9-12)16(18)21/h2-9H,10H2,1H3,(H2,18,21). The van der Waals surface area contributed by atoms with Gasteiger partial charge in [-0.3, -0.25) is 14.2 Å². The Morgan fingerprint density at radius 3 is 2.78 bits per heavy atom. The Balaban J connectivity index is 1.90. The van der Waals surface area contributed by atoms with Crippen LogP contribution in [0.5, 0.6) is 5.75 Å². The quantitative estimate of drug-likeness (QED) is 0.793. The Hall–Kier alpha value is -3.15. The Kier molecular flexibility index (Phi) is 3.80. The maximum absolute atomic E-state index is 12.3. The first kappa shape index (κ1) is 14.8. The van der Waals surface area contributed by atoms with Crippen molar-refractivity contribution in [3.63, 3.8) is 0 Å². The minimum absolute atomic E-state index is 0.110. The lowest BCUT2D eigenvalue weighted by molar-refractivity contribution is 0.1000. The minimum atomic E-state index is -0.522. The zero-order valence-electron chi connectivity index (χ0n) is 12.5. The van der Waals surface area contributed by atoms with Gasteiger partial charge in [0.05, 0.1) is 10.9 Å². The van der Waals surface area contributed by atoms with Gasteiger partial charge in [0.2, 0.25) is 5.91 Å². The maximum atomic E-state index is 12.3. The van der Waals surface area contributed by atoms with E-state index in [-0.39, 0.29) is 12.2 Å². The second-order valence-corrected chi connectivity index (χ2v) is 5.09. The Morgan fingerprint density at radius 1 is 1.22 bits per heavy atom. The van der Waals surface area contributed by atoms with Crippen molar-refractivity contribution in [2.24, 2.45) is 12.8 Å². The molecule has 0 unspecified atom stereocenters. The van der Waals surface area contributed by atoms with Crippen molar-refractivity contribution >= 4 is 16.8 Å². The summed E-state index contributed by atoms with van der Waals surface area (Å²) >= 11 is 0. The predicted molar refractivity (Wildman–Crippen MR) is 86.3 cm³/mol. The van der Waals surface area contributed by atoms with Gasteiger partial charge >= 0.3 is 0 Å². The van der Waals surface area contributed by atoms with E-state index in [1.54, 1.807) is 49.5 Å². The number of rotatable bonds is 4. The van der Waals surface area contributed by atoms with Crippen molar-refractivity contribution < 1.29 is 9.53 Å². The Labute approximate surface area is 132 Å². The zero-order chi connectivity index (χ0) is 16.4. The van der Waals surface area contributed by atoms with E-state index < -0.39 is 5.91 Å². The number of nitrogens with zero attached hydrogens (tertiary/aromatic N) is 2. The van der Waals surface area contributed by atoms with E-state index in [4.69, 9.17) is 10.5 Å². The fourth-order valence-electron chi connectivity index (χ4n) is 2.28. The van der Waals surface area contributed by atoms with Crippen molar-refractivity contribution in [2.75, 3.05) is 0 Å². The normalized spacial score (nSPS) is 10.7. The highest BCUT2D eigenvalue weighted by molar-refractivity contribution is 5.93. The summed E-state index contributed by atoms with van der Waals surface area (Å²) in [6.07, 6.45) is 0. The van der Waals surface area contributed by atoms with E-state index in [0.717, 1.165) is 0 Å². The molecule has 3 aromatic rings. The monoisotopic (exact) mass is 309 g/mol. The van der Waals surface area contributed by atoms with Gasteiger partial charge in [0.15, 0.2) is 0 Å². The van der Waals surface area contributed by atoms with Crippen molar-refractivity contribution in [1.29, 1.82) is 0 Å². The molecule has 6 heteroatoms. The van der Waals surface area contributed by atoms with Gasteiger partial charge in [0.25, 0.3) is 5.56 Å². The van der Waals surface area contributed by atoms with Crippen LogP contribution in [-0.4, -0.2) is 15.5 Å². The molecule has 0 aliphatic rings. The van der Waals surface area contributed by atoms with Crippen LogP contribution in [0.4, 0.5) is 0 Å². The van der Waals surface area contributed by atoms with Gasteiger partial charge < -0.3 is 10.5 Å². The highest BCUT2D eigenvalue weighted by Gasteiger charge is 2.09. The lowest BCUT2D eigenvalue weighted by Crippen LogP contribution is -2.23. The molecule has 1 amide bonds. The molecule has 1 aromatic heterocycles. The topological polar surface area (TPSA) is 87.2 Å². The molecule has 0 saturated carbocycles. The fourth-order valence-corrected chi connectivity index (χ4v) is 2.28. The number of carbonyl (C=O) groups excluding carboxylic acids is 1. The molecular weight excluding hydrogens is 294 g/mol. The van der Waals surface area contributed by atoms with Crippen molar-refractivity contribution in [3.05, 3.63) is 70.3 Å². The molecule has 2 N–H and O–H groups in total. The number of primary amides is 1. The lowest BCUT2D eigenvalue weighted by Gasteiger charge is -2.11. The van der Waals surface area contributed by atoms with E-state index in [9.17, 15) is 9.59 Å². The van der Waals surface area contributed by atoms with Gasteiger partial charge in [-0.05, 0) is 30.3 Å². The first-order chi connectivity index (χ1) is 11.1. The third kappa shape index (κ3) is 2.91. The molecule has 0 bridgehead atoms. The molecule has 6 nitrogen and oxygen atoms in total. The molecule has 23 heavy (non-hydrogen) atoms. The molecular formula is C17H15N3O3. The SMILES string of the molecule is Cn1c(COc2cccc(C(N)=O)c2)nc2ccccc2c1=O. The molecule has 0 aliphatic carbocycles. The minimum Gasteiger partial charge on any atom is -0.486 e. The molecule has 0 spiro atoms. The van der Waals surface area contributed by atoms with E-state index in [0.29, 0.717) is 28.0 Å². The number of nitrogens with two attached hydrogens (primary N) is 1. The molecule has 0 radical (unpaired) electrons. The molecule has 0 atom stereocenters. The highest BCUT2D eigenvalue weighted by atomic mass is 16.5. The second kappa shape index (κ2) is 5.92. The molecule has 3 rings (SSSR count). The van der Waals surface area contributed by atoms with Gasteiger partial charge in [-0.15, -0.1) is 0 Å². The van der Waals surface area contributed by atoms with Crippen molar-refractivity contribution in [3.8, 4) is 5.75 Å². The molecule has 116 valence electrons. The van der Waals surface area contributed by atoms with Gasteiger partial charge in [-0.25, -0.2) is 4.98 Å². The van der Waals surface area contributed by atoms with Crippen LogP contribution in [0.1, 0.15) is 16.2 Å². The van der Waals surface area contributed by atoms with Crippen LogP contribution in [0, 0.1) is 0 Å². The number of para-hydroxylation sites is 1. The van der Waals surface area contributed by atoms with Crippen LogP contribution in [0.3, 0.4) is 0 Å². The molecule has 0 saturated heterocycles. The summed E-state index contributed by atoms with van der Waals surface area (Å²) in [4.78, 5) is 27.9. The smallest absolute Gasteiger partial charge is 0.261 e. The molecule has 0 aliphatic heterocycles. The molecule has 0 fully saturated rings. The maximum Gasteiger partial charge on any atom is 0.261 e. The first-order valence-electron chi connectivity index (χ1n) is 7.03. The van der Waals surface area contributed by atoms with Gasteiger partial charge in [0, 0.05) is 12.6 Å². The third-order valence-electron chi connectivity index (χ3n) is 3.56. The Morgan fingerprint density at radius 2 is 2.00 bits per heavy atom. The average molecular weight is 309 g/mol. The molecule has 1 heterocycles. The number of fused-ring (bicyclic) bond motifs is 1. The summed E-state index contributed by atoms with van der Waals surface area (Å²) in [5, 5.41) is 0.564. The summed E-state index contributed by atoms with van der Waals surface area (Å²) in [5.41, 5.74) is 6.11. The largest absolute Gasteiger partial charge is 0.486 e. The number of ether oxygens (including phenoxy) is 1. The van der Waals surface area contributed by atoms with Crippen LogP contribution >= 0.6 is 0 Å². The van der Waals surface area contributed by atoms with E-state index in [1.165, 1.54) is 4.57 Å². The third-order valence-corrected chi connectivity index (χ3v) is 3.56. The first-order valence-corrected chi connectivity index (χ1v) is 7.03. The highest BCUT2D eigenvalue weighted by Crippen LogP contribution is 2.15. The second-order valence-electron chi connectivity index (χ2n) is 5.09. The number of hydrogen-bond acceptors (Lipinski definition) is 4. The van der Waals surface area contributed by atoms with Crippen LogP contribution in [0.15, 0.2) is 53.3 Å². The zero-order valence-corrected chi connectivity index (χ0v) is 12.5. The summed E-state index contributed by atoms with van der Waals surface area (Å²) in [6, 6.07) is 13.7. The van der Waals surface area contributed by atoms with Crippen LogP contribution < -0.4 is 16.0 Å². The van der Waals surface area contributed by atoms with E-state index in [2.05, 4.69) is 4.98 Å². The predicted octanol–water partition coefficient (Wildman–Crippen LogP) is 1.61. The number of amides is 1. The molecule has 2 aromatic carbocycles. The average Bonchev–Trinajstić information content (AvgIpc) is 2.57. The number of hydrogen-bond donors (Lipinski definition) is 1. The van der Waals surface area contributed by atoms with Gasteiger partial charge in [-0.1, -0.05) is 18.2 Å². The van der Waals surface area contributed by atoms with Crippen LogP contribution in [0.25, 0.3) is 10.9 Å². The van der Waals surface area contributed by atoms with Gasteiger partial charge in [0.1, 0.15) is 18.2 Å². The fraction of sp³-hybridized carbons (Fsp3) is 0.118. The summed E-state index contributed by atoms with van der Waals surface area (Å²) in [5.74, 6) is 0.466. The lowest BCUT2D eigenvalue weighted by atomic mass is 10.2. The summed E-state index contributed by atoms with van der Waals surface area (Å²) in [6.45, 7) is 0.110. The van der Waals surface area contributed by atoms with Crippen LogP contribution in [-0.2, 0) is 13.7 Å². The summed E-state index contributed by atoms with van der Waals surface area (Å²) < 4.78 is 7.10. The van der Waals surface area contributed by atoms with E-state index in [1.807, 2.05) is 6.07 Å². The number of aromatic nitrogens is 2. The number of benzene rings is 2. The summed E-state index contributed by atoms with van der Waals surface area (Å²) in [7, 11) is 1.65. The van der Waals surface area contributed by atoms with E-state index >= 15 is 0 Å². The van der Waals surface area contributed by atoms with Crippen molar-refractivity contribution in [2.45, 2.75) is 6.61 Å². The Bertz CT molecular complexity index is 947. The number of carbonyl (C=O) groups is 1. The van der Waals surface area contributed by atoms with Gasteiger partial charge in [-0.2, -0.15) is 0 Å². The van der Waals surface area contributed by atoms with Crippen molar-refractivity contribution in [1.82, 2.24) is 9.55 Å².